The Bertz CT molecular complexity index is 352. The molecule has 114 valence electrons. The van der Waals surface area contributed by atoms with Crippen molar-refractivity contribution in [1.29, 1.82) is 0 Å². The lowest BCUT2D eigenvalue weighted by Gasteiger charge is -2.36. The predicted octanol–water partition coefficient (Wildman–Crippen LogP) is 1.64. The second kappa shape index (κ2) is 7.07. The number of rotatable bonds is 5. The first-order valence-corrected chi connectivity index (χ1v) is 7.79. The third-order valence-electron chi connectivity index (χ3n) is 4.79. The van der Waals surface area contributed by atoms with E-state index < -0.39 is 11.9 Å². The van der Waals surface area contributed by atoms with Crippen LogP contribution in [0.15, 0.2) is 0 Å². The summed E-state index contributed by atoms with van der Waals surface area (Å²) >= 11 is 0. The number of aliphatic hydroxyl groups is 1. The molecule has 0 radical (unpaired) electrons. The zero-order valence-electron chi connectivity index (χ0n) is 12.0. The fourth-order valence-electron chi connectivity index (χ4n) is 3.74. The van der Waals surface area contributed by atoms with Crippen molar-refractivity contribution in [2.24, 2.45) is 11.8 Å². The van der Waals surface area contributed by atoms with Crippen LogP contribution in [0.5, 0.6) is 0 Å². The molecule has 2 fully saturated rings. The van der Waals surface area contributed by atoms with Gasteiger partial charge in [0.1, 0.15) is 0 Å². The lowest BCUT2D eigenvalue weighted by atomic mass is 9.90. The smallest absolute Gasteiger partial charge is 0.307 e. The van der Waals surface area contributed by atoms with E-state index in [2.05, 4.69) is 0 Å². The molecule has 0 unspecified atom stereocenters. The van der Waals surface area contributed by atoms with Gasteiger partial charge in [-0.3, -0.25) is 9.59 Å². The van der Waals surface area contributed by atoms with Gasteiger partial charge in [-0.2, -0.15) is 0 Å². The van der Waals surface area contributed by atoms with Gasteiger partial charge in [0, 0.05) is 12.6 Å². The van der Waals surface area contributed by atoms with Crippen molar-refractivity contribution in [3.8, 4) is 0 Å². The Labute approximate surface area is 120 Å². The van der Waals surface area contributed by atoms with Crippen LogP contribution in [0.25, 0.3) is 0 Å². The van der Waals surface area contributed by atoms with Crippen molar-refractivity contribution in [1.82, 2.24) is 4.90 Å². The van der Waals surface area contributed by atoms with Crippen molar-refractivity contribution in [2.75, 3.05) is 13.2 Å². The monoisotopic (exact) mass is 283 g/mol. The zero-order chi connectivity index (χ0) is 14.5. The van der Waals surface area contributed by atoms with E-state index in [1.165, 1.54) is 6.42 Å². The minimum Gasteiger partial charge on any atom is -0.481 e. The SMILES string of the molecule is O=C(O)[C@H]1CCC[C@H]1C(=O)N(CCO)C1CCCCC1. The summed E-state index contributed by atoms with van der Waals surface area (Å²) in [6.07, 6.45) is 7.49. The largest absolute Gasteiger partial charge is 0.481 e. The van der Waals surface area contributed by atoms with E-state index in [9.17, 15) is 19.8 Å². The van der Waals surface area contributed by atoms with Gasteiger partial charge in [-0.05, 0) is 25.7 Å². The summed E-state index contributed by atoms with van der Waals surface area (Å²) in [5, 5.41) is 18.5. The number of hydrogen-bond acceptors (Lipinski definition) is 3. The van der Waals surface area contributed by atoms with Crippen LogP contribution in [0.1, 0.15) is 51.4 Å². The van der Waals surface area contributed by atoms with Crippen molar-refractivity contribution < 1.29 is 19.8 Å². The van der Waals surface area contributed by atoms with Crippen molar-refractivity contribution in [3.63, 3.8) is 0 Å². The van der Waals surface area contributed by atoms with Gasteiger partial charge in [0.05, 0.1) is 18.4 Å². The van der Waals surface area contributed by atoms with Crippen LogP contribution in [0.3, 0.4) is 0 Å². The molecule has 2 atom stereocenters. The number of carbonyl (C=O) groups excluding carboxylic acids is 1. The lowest BCUT2D eigenvalue weighted by molar-refractivity contribution is -0.150. The molecule has 5 heteroatoms. The Balaban J connectivity index is 2.07. The van der Waals surface area contributed by atoms with Gasteiger partial charge >= 0.3 is 5.97 Å². The summed E-state index contributed by atoms with van der Waals surface area (Å²) in [4.78, 5) is 25.7. The van der Waals surface area contributed by atoms with Gasteiger partial charge in [-0.15, -0.1) is 0 Å². The van der Waals surface area contributed by atoms with Crippen LogP contribution in [0.4, 0.5) is 0 Å². The molecular weight excluding hydrogens is 258 g/mol. The molecule has 2 aliphatic rings. The number of hydrogen-bond donors (Lipinski definition) is 2. The number of aliphatic carboxylic acids is 1. The fraction of sp³-hybridized carbons (Fsp3) is 0.867. The third kappa shape index (κ3) is 3.32. The van der Waals surface area contributed by atoms with Gasteiger partial charge in [0.25, 0.3) is 0 Å². The standard InChI is InChI=1S/C15H25NO4/c17-10-9-16(11-5-2-1-3-6-11)14(18)12-7-4-8-13(12)15(19)20/h11-13,17H,1-10H2,(H,19,20)/t12-,13+/m1/s1. The molecule has 2 rings (SSSR count). The van der Waals surface area contributed by atoms with E-state index in [1.54, 1.807) is 4.90 Å². The second-order valence-electron chi connectivity index (χ2n) is 6.03. The zero-order valence-corrected chi connectivity index (χ0v) is 12.0. The molecule has 2 aliphatic carbocycles. The number of aliphatic hydroxyl groups excluding tert-OH is 1. The molecule has 20 heavy (non-hydrogen) atoms. The highest BCUT2D eigenvalue weighted by Crippen LogP contribution is 2.35. The Morgan fingerprint density at radius 2 is 1.60 bits per heavy atom. The molecule has 1 amide bonds. The van der Waals surface area contributed by atoms with Gasteiger partial charge < -0.3 is 15.1 Å². The summed E-state index contributed by atoms with van der Waals surface area (Å²) in [7, 11) is 0. The van der Waals surface area contributed by atoms with Gasteiger partial charge in [0.15, 0.2) is 0 Å². The molecule has 5 nitrogen and oxygen atoms in total. The molecule has 0 saturated heterocycles. The molecule has 2 N–H and O–H groups in total. The first-order valence-electron chi connectivity index (χ1n) is 7.79. The first kappa shape index (κ1) is 15.3. The molecular formula is C15H25NO4. The molecule has 0 heterocycles. The van der Waals surface area contributed by atoms with E-state index in [1.807, 2.05) is 0 Å². The normalized spacial score (nSPS) is 27.4. The minimum absolute atomic E-state index is 0.0455. The van der Waals surface area contributed by atoms with E-state index in [0.717, 1.165) is 32.1 Å². The molecule has 0 aromatic rings. The topological polar surface area (TPSA) is 77.8 Å². The number of carboxylic acids is 1. The maximum atomic E-state index is 12.7. The molecule has 0 aliphatic heterocycles. The van der Waals surface area contributed by atoms with E-state index in [-0.39, 0.29) is 24.5 Å². The van der Waals surface area contributed by atoms with E-state index in [0.29, 0.717) is 19.4 Å². The maximum Gasteiger partial charge on any atom is 0.307 e. The average Bonchev–Trinajstić information content (AvgIpc) is 2.94. The lowest BCUT2D eigenvalue weighted by Crippen LogP contribution is -2.47. The highest BCUT2D eigenvalue weighted by Gasteiger charge is 2.41. The van der Waals surface area contributed by atoms with Crippen LogP contribution in [0.2, 0.25) is 0 Å². The maximum absolute atomic E-state index is 12.7. The first-order chi connectivity index (χ1) is 9.65. The molecule has 0 aromatic carbocycles. The van der Waals surface area contributed by atoms with Crippen LogP contribution in [0, 0.1) is 11.8 Å². The fourth-order valence-corrected chi connectivity index (χ4v) is 3.74. The Kier molecular flexibility index (Phi) is 5.40. The van der Waals surface area contributed by atoms with Gasteiger partial charge in [0.2, 0.25) is 5.91 Å². The average molecular weight is 283 g/mol. The quantitative estimate of drug-likeness (QED) is 0.804. The van der Waals surface area contributed by atoms with Crippen LogP contribution >= 0.6 is 0 Å². The predicted molar refractivity (Wildman–Crippen MR) is 74.1 cm³/mol. The minimum atomic E-state index is -0.853. The second-order valence-corrected chi connectivity index (χ2v) is 6.03. The van der Waals surface area contributed by atoms with Crippen LogP contribution in [-0.4, -0.2) is 46.2 Å². The number of amides is 1. The summed E-state index contributed by atoms with van der Waals surface area (Å²) in [6, 6.07) is 0.193. The molecule has 0 bridgehead atoms. The number of carbonyl (C=O) groups is 2. The Morgan fingerprint density at radius 1 is 0.950 bits per heavy atom. The van der Waals surface area contributed by atoms with Crippen molar-refractivity contribution >= 4 is 11.9 Å². The van der Waals surface area contributed by atoms with Crippen LogP contribution in [-0.2, 0) is 9.59 Å². The van der Waals surface area contributed by atoms with Crippen molar-refractivity contribution in [3.05, 3.63) is 0 Å². The van der Waals surface area contributed by atoms with E-state index in [4.69, 9.17) is 0 Å². The van der Waals surface area contributed by atoms with Crippen molar-refractivity contribution in [2.45, 2.75) is 57.4 Å². The Morgan fingerprint density at radius 3 is 2.20 bits per heavy atom. The van der Waals surface area contributed by atoms with Crippen LogP contribution < -0.4 is 0 Å². The number of nitrogens with zero attached hydrogens (tertiary/aromatic N) is 1. The molecule has 2 saturated carbocycles. The summed E-state index contributed by atoms with van der Waals surface area (Å²) in [5.74, 6) is -1.82. The summed E-state index contributed by atoms with van der Waals surface area (Å²) in [5.41, 5.74) is 0. The highest BCUT2D eigenvalue weighted by molar-refractivity contribution is 5.85. The molecule has 0 spiro atoms. The van der Waals surface area contributed by atoms with Gasteiger partial charge in [-0.1, -0.05) is 25.7 Å². The highest BCUT2D eigenvalue weighted by atomic mass is 16.4. The summed E-state index contributed by atoms with van der Waals surface area (Å²) in [6.45, 7) is 0.291. The summed E-state index contributed by atoms with van der Waals surface area (Å²) < 4.78 is 0. The third-order valence-corrected chi connectivity index (χ3v) is 4.79. The number of carboxylic acid groups (broad SMARTS) is 1. The van der Waals surface area contributed by atoms with Gasteiger partial charge in [-0.25, -0.2) is 0 Å². The molecule has 0 aromatic heterocycles. The van der Waals surface area contributed by atoms with E-state index >= 15 is 0 Å². The Hall–Kier alpha value is -1.10.